The molecule has 0 aliphatic heterocycles. The van der Waals surface area contributed by atoms with Crippen LogP contribution in [0.2, 0.25) is 0 Å². The lowest BCUT2D eigenvalue weighted by Gasteiger charge is -2.18. The van der Waals surface area contributed by atoms with Crippen LogP contribution in [-0.2, 0) is 7.05 Å². The Labute approximate surface area is 138 Å². The number of hydrogen-bond acceptors (Lipinski definition) is 2. The summed E-state index contributed by atoms with van der Waals surface area (Å²) in [6, 6.07) is 18.8. The van der Waals surface area contributed by atoms with Crippen LogP contribution < -0.4 is 0 Å². The van der Waals surface area contributed by atoms with Crippen LogP contribution in [0.5, 0.6) is 0 Å². The molecule has 1 heterocycles. The summed E-state index contributed by atoms with van der Waals surface area (Å²) < 4.78 is 2.07. The van der Waals surface area contributed by atoms with Crippen molar-refractivity contribution in [3.63, 3.8) is 0 Å². The fraction of sp³-hybridized carbons (Fsp3) is 0.0476. The van der Waals surface area contributed by atoms with Gasteiger partial charge in [0, 0.05) is 51.1 Å². The second-order valence-corrected chi connectivity index (χ2v) is 6.16. The molecule has 24 heavy (non-hydrogen) atoms. The first kappa shape index (κ1) is 13.3. The van der Waals surface area contributed by atoms with Crippen LogP contribution >= 0.6 is 0 Å². The maximum Gasteiger partial charge on any atom is 0.195 e. The van der Waals surface area contributed by atoms with E-state index in [2.05, 4.69) is 4.57 Å². The van der Waals surface area contributed by atoms with E-state index in [1.165, 1.54) is 0 Å². The van der Waals surface area contributed by atoms with Crippen LogP contribution in [0.3, 0.4) is 0 Å². The molecule has 1 aliphatic rings. The number of carbonyl (C=O) groups excluding carboxylic acids is 2. The first-order valence-electron chi connectivity index (χ1n) is 7.87. The molecule has 0 bridgehead atoms. The maximum atomic E-state index is 13.2. The Hall–Kier alpha value is -3.20. The third-order valence-corrected chi connectivity index (χ3v) is 4.97. The lowest BCUT2D eigenvalue weighted by atomic mass is 9.82. The van der Waals surface area contributed by atoms with E-state index in [0.29, 0.717) is 22.3 Å². The van der Waals surface area contributed by atoms with E-state index in [4.69, 9.17) is 0 Å². The molecule has 1 aliphatic carbocycles. The van der Waals surface area contributed by atoms with Crippen molar-refractivity contribution in [2.45, 2.75) is 0 Å². The Kier molecular flexibility index (Phi) is 2.44. The molecule has 5 rings (SSSR count). The van der Waals surface area contributed by atoms with E-state index in [1.54, 1.807) is 30.3 Å². The van der Waals surface area contributed by atoms with Gasteiger partial charge in [-0.3, -0.25) is 9.59 Å². The van der Waals surface area contributed by atoms with Crippen molar-refractivity contribution < 1.29 is 9.59 Å². The van der Waals surface area contributed by atoms with E-state index in [-0.39, 0.29) is 11.6 Å². The van der Waals surface area contributed by atoms with E-state index in [1.807, 2.05) is 37.4 Å². The van der Waals surface area contributed by atoms with Crippen molar-refractivity contribution in [2.24, 2.45) is 7.05 Å². The van der Waals surface area contributed by atoms with Gasteiger partial charge < -0.3 is 4.57 Å². The van der Waals surface area contributed by atoms with Gasteiger partial charge in [0.2, 0.25) is 0 Å². The van der Waals surface area contributed by atoms with Crippen LogP contribution in [-0.4, -0.2) is 16.1 Å². The van der Waals surface area contributed by atoms with E-state index in [9.17, 15) is 9.59 Å². The first-order chi connectivity index (χ1) is 11.7. The zero-order chi connectivity index (χ0) is 16.4. The smallest absolute Gasteiger partial charge is 0.195 e. The number of hydrogen-bond donors (Lipinski definition) is 0. The van der Waals surface area contributed by atoms with Crippen LogP contribution in [0, 0.1) is 0 Å². The van der Waals surface area contributed by atoms with Gasteiger partial charge in [0.15, 0.2) is 11.6 Å². The van der Waals surface area contributed by atoms with Crippen molar-refractivity contribution in [3.8, 4) is 0 Å². The Morgan fingerprint density at radius 2 is 1.33 bits per heavy atom. The van der Waals surface area contributed by atoms with Gasteiger partial charge in [0.05, 0.1) is 0 Å². The number of carbonyl (C=O) groups is 2. The third-order valence-electron chi connectivity index (χ3n) is 4.97. The molecule has 0 N–H and O–H groups in total. The molecule has 0 unspecified atom stereocenters. The zero-order valence-electron chi connectivity index (χ0n) is 13.0. The molecule has 0 amide bonds. The Balaban J connectivity index is 2.00. The van der Waals surface area contributed by atoms with Gasteiger partial charge in [0.25, 0.3) is 0 Å². The summed E-state index contributed by atoms with van der Waals surface area (Å²) in [5.74, 6) is -0.141. The summed E-state index contributed by atoms with van der Waals surface area (Å²) in [5, 5.41) is 1.88. The lowest BCUT2D eigenvalue weighted by molar-refractivity contribution is 0.0980. The predicted octanol–water partition coefficient (Wildman–Crippen LogP) is 4.11. The highest BCUT2D eigenvalue weighted by molar-refractivity contribution is 6.34. The zero-order valence-corrected chi connectivity index (χ0v) is 13.0. The van der Waals surface area contributed by atoms with Gasteiger partial charge in [-0.1, -0.05) is 42.5 Å². The standard InChI is InChI=1S/C21H13NO2/c1-22-16-9-5-4-8-14(16)18-17(22)11-10-15-19(18)21(24)13-7-3-2-6-12(13)20(15)23/h2-11H,1H3. The van der Waals surface area contributed by atoms with Crippen molar-refractivity contribution in [2.75, 3.05) is 0 Å². The van der Waals surface area contributed by atoms with Crippen LogP contribution in [0.4, 0.5) is 0 Å². The van der Waals surface area contributed by atoms with Crippen LogP contribution in [0.25, 0.3) is 21.8 Å². The van der Waals surface area contributed by atoms with Gasteiger partial charge in [-0.2, -0.15) is 0 Å². The molecule has 0 atom stereocenters. The van der Waals surface area contributed by atoms with Crippen molar-refractivity contribution >= 4 is 33.4 Å². The molecular formula is C21H13NO2. The van der Waals surface area contributed by atoms with E-state index < -0.39 is 0 Å². The van der Waals surface area contributed by atoms with Gasteiger partial charge in [0.1, 0.15) is 0 Å². The summed E-state index contributed by atoms with van der Waals surface area (Å²) in [6.07, 6.45) is 0. The molecule has 0 saturated heterocycles. The summed E-state index contributed by atoms with van der Waals surface area (Å²) in [6.45, 7) is 0. The molecule has 0 saturated carbocycles. The molecular weight excluding hydrogens is 298 g/mol. The van der Waals surface area contributed by atoms with Gasteiger partial charge >= 0.3 is 0 Å². The average molecular weight is 311 g/mol. The topological polar surface area (TPSA) is 39.1 Å². The highest BCUT2D eigenvalue weighted by Crippen LogP contribution is 2.37. The van der Waals surface area contributed by atoms with Gasteiger partial charge in [-0.25, -0.2) is 0 Å². The maximum absolute atomic E-state index is 13.2. The minimum atomic E-state index is -0.0740. The van der Waals surface area contributed by atoms with Gasteiger partial charge in [-0.05, 0) is 18.2 Å². The third kappa shape index (κ3) is 1.46. The number of aromatic nitrogens is 1. The highest BCUT2D eigenvalue weighted by Gasteiger charge is 2.32. The number of para-hydroxylation sites is 1. The monoisotopic (exact) mass is 311 g/mol. The normalized spacial score (nSPS) is 13.4. The molecule has 3 nitrogen and oxygen atoms in total. The lowest BCUT2D eigenvalue weighted by Crippen LogP contribution is -2.21. The van der Waals surface area contributed by atoms with Crippen LogP contribution in [0.1, 0.15) is 31.8 Å². The summed E-state index contributed by atoms with van der Waals surface area (Å²) in [5.41, 5.74) is 4.05. The number of rotatable bonds is 0. The first-order valence-corrected chi connectivity index (χ1v) is 7.87. The minimum Gasteiger partial charge on any atom is -0.344 e. The van der Waals surface area contributed by atoms with Crippen molar-refractivity contribution in [1.82, 2.24) is 4.57 Å². The number of nitrogens with zero attached hydrogens (tertiary/aromatic N) is 1. The second kappa shape index (κ2) is 4.42. The molecule has 114 valence electrons. The number of fused-ring (bicyclic) bond motifs is 6. The molecule has 0 radical (unpaired) electrons. The average Bonchev–Trinajstić information content (AvgIpc) is 2.92. The summed E-state index contributed by atoms with van der Waals surface area (Å²) in [7, 11) is 1.99. The van der Waals surface area contributed by atoms with Crippen molar-refractivity contribution in [1.29, 1.82) is 0 Å². The van der Waals surface area contributed by atoms with Crippen LogP contribution in [0.15, 0.2) is 60.7 Å². The number of ketones is 2. The Bertz CT molecular complexity index is 1200. The molecule has 3 aromatic carbocycles. The number of benzene rings is 3. The SMILES string of the molecule is Cn1c2ccccc2c2c3c(ccc21)C(=O)c1ccccc1C3=O. The predicted molar refractivity (Wildman–Crippen MR) is 93.7 cm³/mol. The largest absolute Gasteiger partial charge is 0.344 e. The number of aryl methyl sites for hydroxylation is 1. The highest BCUT2D eigenvalue weighted by atomic mass is 16.1. The fourth-order valence-corrected chi connectivity index (χ4v) is 3.84. The second-order valence-electron chi connectivity index (χ2n) is 6.16. The molecule has 4 aromatic rings. The fourth-order valence-electron chi connectivity index (χ4n) is 3.84. The van der Waals surface area contributed by atoms with Crippen molar-refractivity contribution in [3.05, 3.63) is 82.9 Å². The minimum absolute atomic E-state index is 0.0675. The molecule has 0 fully saturated rings. The molecule has 3 heteroatoms. The molecule has 1 aromatic heterocycles. The van der Waals surface area contributed by atoms with E-state index >= 15 is 0 Å². The summed E-state index contributed by atoms with van der Waals surface area (Å²) >= 11 is 0. The van der Waals surface area contributed by atoms with Gasteiger partial charge in [-0.15, -0.1) is 0 Å². The van der Waals surface area contributed by atoms with E-state index in [0.717, 1.165) is 21.8 Å². The molecule has 0 spiro atoms. The summed E-state index contributed by atoms with van der Waals surface area (Å²) in [4.78, 5) is 26.0. The Morgan fingerprint density at radius 1 is 0.667 bits per heavy atom. The Morgan fingerprint density at radius 3 is 2.12 bits per heavy atom. The quantitative estimate of drug-likeness (QED) is 0.432.